The molecule has 0 aliphatic heterocycles. The third kappa shape index (κ3) is 1.77. The van der Waals surface area contributed by atoms with Gasteiger partial charge in [0.05, 0.1) is 0 Å². The van der Waals surface area contributed by atoms with E-state index in [1.807, 2.05) is 6.07 Å². The molecule has 58 valence electrons. The molecule has 0 aliphatic carbocycles. The van der Waals surface area contributed by atoms with E-state index >= 15 is 0 Å². The van der Waals surface area contributed by atoms with Crippen LogP contribution >= 0.6 is 15.9 Å². The lowest BCUT2D eigenvalue weighted by molar-refractivity contribution is 0.0995. The molecule has 0 fully saturated rings. The summed E-state index contributed by atoms with van der Waals surface area (Å²) >= 11 is 3.23. The molecule has 0 aromatic carbocycles. The van der Waals surface area contributed by atoms with Gasteiger partial charge in [-0.05, 0) is 11.6 Å². The molecule has 11 heavy (non-hydrogen) atoms. The zero-order chi connectivity index (χ0) is 8.27. The number of nitrogens with zero attached hydrogens (tertiary/aromatic N) is 1. The highest BCUT2D eigenvalue weighted by Gasteiger charge is 2.06. The van der Waals surface area contributed by atoms with Crippen molar-refractivity contribution in [2.75, 3.05) is 0 Å². The first-order valence-corrected chi connectivity index (χ1v) is 4.17. The molecule has 0 unspecified atom stereocenters. The Bertz CT molecular complexity index is 275. The van der Waals surface area contributed by atoms with Gasteiger partial charge in [-0.15, -0.1) is 0 Å². The van der Waals surface area contributed by atoms with Gasteiger partial charge in [0.2, 0.25) is 0 Å². The minimum absolute atomic E-state index is 0.337. The van der Waals surface area contributed by atoms with Crippen molar-refractivity contribution in [1.82, 2.24) is 4.98 Å². The number of carbonyl (C=O) groups excluding carboxylic acids is 1. The van der Waals surface area contributed by atoms with Crippen molar-refractivity contribution in [3.05, 3.63) is 29.6 Å². The Balaban J connectivity index is 3.12. The van der Waals surface area contributed by atoms with E-state index in [2.05, 4.69) is 20.9 Å². The number of pyridine rings is 1. The molecule has 0 saturated heterocycles. The molecule has 1 heterocycles. The van der Waals surface area contributed by atoms with E-state index in [9.17, 15) is 4.79 Å². The Labute approximate surface area is 72.7 Å². The predicted molar refractivity (Wildman–Crippen MR) is 45.4 cm³/mol. The summed E-state index contributed by atoms with van der Waals surface area (Å²) in [5, 5.41) is 0.596. The number of alkyl halides is 1. The maximum Gasteiger partial charge on any atom is 0.267 e. The van der Waals surface area contributed by atoms with Gasteiger partial charge in [-0.3, -0.25) is 9.78 Å². The maximum absolute atomic E-state index is 10.7. The molecule has 1 amide bonds. The third-order valence-electron chi connectivity index (χ3n) is 1.27. The van der Waals surface area contributed by atoms with E-state index in [0.717, 1.165) is 5.56 Å². The maximum atomic E-state index is 10.7. The van der Waals surface area contributed by atoms with Crippen LogP contribution in [0.1, 0.15) is 16.1 Å². The fraction of sp³-hybridized carbons (Fsp3) is 0.143. The summed E-state index contributed by atoms with van der Waals surface area (Å²) in [7, 11) is 0. The van der Waals surface area contributed by atoms with E-state index in [1.54, 1.807) is 12.3 Å². The van der Waals surface area contributed by atoms with E-state index in [0.29, 0.717) is 11.0 Å². The van der Waals surface area contributed by atoms with Crippen molar-refractivity contribution in [2.45, 2.75) is 5.33 Å². The van der Waals surface area contributed by atoms with Gasteiger partial charge in [0.15, 0.2) is 0 Å². The van der Waals surface area contributed by atoms with Crippen LogP contribution < -0.4 is 5.73 Å². The molecule has 0 saturated carbocycles. The lowest BCUT2D eigenvalue weighted by Gasteiger charge is -1.99. The Hall–Kier alpha value is -0.900. The lowest BCUT2D eigenvalue weighted by atomic mass is 10.2. The van der Waals surface area contributed by atoms with E-state index in [1.165, 1.54) is 0 Å². The van der Waals surface area contributed by atoms with Crippen LogP contribution in [0, 0.1) is 0 Å². The highest BCUT2D eigenvalue weighted by molar-refractivity contribution is 9.08. The smallest absolute Gasteiger partial charge is 0.267 e. The summed E-state index contributed by atoms with van der Waals surface area (Å²) in [5.74, 6) is -0.486. The molecule has 0 atom stereocenters. The van der Waals surface area contributed by atoms with Crippen LogP contribution in [0.5, 0.6) is 0 Å². The number of amides is 1. The molecule has 0 aliphatic rings. The Kier molecular flexibility index (Phi) is 2.59. The number of hydrogen-bond donors (Lipinski definition) is 1. The second-order valence-corrected chi connectivity index (χ2v) is 2.57. The SMILES string of the molecule is NC(=O)c1ncccc1CBr. The minimum atomic E-state index is -0.486. The first-order chi connectivity index (χ1) is 5.25. The van der Waals surface area contributed by atoms with Gasteiger partial charge >= 0.3 is 0 Å². The summed E-state index contributed by atoms with van der Waals surface area (Å²) in [6, 6.07) is 3.57. The van der Waals surface area contributed by atoms with Crippen molar-refractivity contribution in [3.8, 4) is 0 Å². The number of primary amides is 1. The molecule has 1 aromatic rings. The molecule has 0 spiro atoms. The number of carbonyl (C=O) groups is 1. The molecular formula is C7H7BrN2O. The number of nitrogens with two attached hydrogens (primary N) is 1. The van der Waals surface area contributed by atoms with E-state index in [4.69, 9.17) is 5.73 Å². The minimum Gasteiger partial charge on any atom is -0.364 e. The lowest BCUT2D eigenvalue weighted by Crippen LogP contribution is -2.15. The average Bonchev–Trinajstić information content (AvgIpc) is 2.04. The summed E-state index contributed by atoms with van der Waals surface area (Å²) in [5.41, 5.74) is 6.22. The third-order valence-corrected chi connectivity index (χ3v) is 1.87. The summed E-state index contributed by atoms with van der Waals surface area (Å²) in [6.07, 6.45) is 1.55. The van der Waals surface area contributed by atoms with Crippen LogP contribution in [-0.2, 0) is 5.33 Å². The zero-order valence-corrected chi connectivity index (χ0v) is 7.34. The van der Waals surface area contributed by atoms with Crippen LogP contribution in [0.3, 0.4) is 0 Å². The number of hydrogen-bond acceptors (Lipinski definition) is 2. The molecule has 1 aromatic heterocycles. The molecule has 4 heteroatoms. The Morgan fingerprint density at radius 1 is 1.73 bits per heavy atom. The number of aromatic nitrogens is 1. The quantitative estimate of drug-likeness (QED) is 0.750. The van der Waals surface area contributed by atoms with Gasteiger partial charge in [-0.25, -0.2) is 0 Å². The van der Waals surface area contributed by atoms with E-state index < -0.39 is 5.91 Å². The predicted octanol–water partition coefficient (Wildman–Crippen LogP) is 1.08. The van der Waals surface area contributed by atoms with Crippen LogP contribution in [0.15, 0.2) is 18.3 Å². The second-order valence-electron chi connectivity index (χ2n) is 2.01. The highest BCUT2D eigenvalue weighted by Crippen LogP contribution is 2.08. The summed E-state index contributed by atoms with van der Waals surface area (Å²) in [4.78, 5) is 14.6. The summed E-state index contributed by atoms with van der Waals surface area (Å²) in [6.45, 7) is 0. The van der Waals surface area contributed by atoms with Gasteiger partial charge in [0.25, 0.3) is 5.91 Å². The van der Waals surface area contributed by atoms with Crippen molar-refractivity contribution in [3.63, 3.8) is 0 Å². The Morgan fingerprint density at radius 2 is 2.45 bits per heavy atom. The summed E-state index contributed by atoms with van der Waals surface area (Å²) < 4.78 is 0. The van der Waals surface area contributed by atoms with Gasteiger partial charge < -0.3 is 5.73 Å². The molecule has 2 N–H and O–H groups in total. The average molecular weight is 215 g/mol. The molecule has 0 radical (unpaired) electrons. The van der Waals surface area contributed by atoms with Crippen molar-refractivity contribution in [2.24, 2.45) is 5.73 Å². The first-order valence-electron chi connectivity index (χ1n) is 3.05. The van der Waals surface area contributed by atoms with Gasteiger partial charge in [0.1, 0.15) is 5.69 Å². The van der Waals surface area contributed by atoms with Crippen molar-refractivity contribution in [1.29, 1.82) is 0 Å². The molecule has 1 rings (SSSR count). The van der Waals surface area contributed by atoms with Crippen LogP contribution in [0.2, 0.25) is 0 Å². The van der Waals surface area contributed by atoms with Crippen LogP contribution in [0.4, 0.5) is 0 Å². The molecular weight excluding hydrogens is 208 g/mol. The number of halogens is 1. The second kappa shape index (κ2) is 3.48. The van der Waals surface area contributed by atoms with E-state index in [-0.39, 0.29) is 0 Å². The van der Waals surface area contributed by atoms with Crippen LogP contribution in [-0.4, -0.2) is 10.9 Å². The van der Waals surface area contributed by atoms with Crippen LogP contribution in [0.25, 0.3) is 0 Å². The fourth-order valence-electron chi connectivity index (χ4n) is 0.768. The first kappa shape index (κ1) is 8.20. The van der Waals surface area contributed by atoms with Gasteiger partial charge in [-0.2, -0.15) is 0 Å². The van der Waals surface area contributed by atoms with Crippen molar-refractivity contribution >= 4 is 21.8 Å². The largest absolute Gasteiger partial charge is 0.364 e. The normalized spacial score (nSPS) is 9.55. The fourth-order valence-corrected chi connectivity index (χ4v) is 1.22. The molecule has 3 nitrogen and oxygen atoms in total. The Morgan fingerprint density at radius 3 is 2.91 bits per heavy atom. The molecule has 0 bridgehead atoms. The standard InChI is InChI=1S/C7H7BrN2O/c8-4-5-2-1-3-10-6(5)7(9)11/h1-3H,4H2,(H2,9,11). The van der Waals surface area contributed by atoms with Crippen molar-refractivity contribution < 1.29 is 4.79 Å². The zero-order valence-electron chi connectivity index (χ0n) is 5.75. The topological polar surface area (TPSA) is 56.0 Å². The van der Waals surface area contributed by atoms with Gasteiger partial charge in [0, 0.05) is 11.5 Å². The monoisotopic (exact) mass is 214 g/mol. The van der Waals surface area contributed by atoms with Gasteiger partial charge in [-0.1, -0.05) is 22.0 Å². The highest BCUT2D eigenvalue weighted by atomic mass is 79.9. The number of rotatable bonds is 2.